The summed E-state index contributed by atoms with van der Waals surface area (Å²) in [6.45, 7) is 0. The summed E-state index contributed by atoms with van der Waals surface area (Å²) in [4.78, 5) is 10.9. The molecule has 0 saturated heterocycles. The van der Waals surface area contributed by atoms with Crippen molar-refractivity contribution in [2.24, 2.45) is 0 Å². The Hall–Kier alpha value is -1.55. The van der Waals surface area contributed by atoms with Crippen LogP contribution in [0.15, 0.2) is 12.1 Å². The molecule has 1 aromatic carbocycles. The predicted octanol–water partition coefficient (Wildman–Crippen LogP) is 1.69. The van der Waals surface area contributed by atoms with Crippen molar-refractivity contribution in [2.75, 3.05) is 7.11 Å². The number of carboxylic acids is 1. The number of hydrogen-bond donors (Lipinski definition) is 2. The normalized spacial score (nSPS) is 16.1. The van der Waals surface area contributed by atoms with Gasteiger partial charge in [0.1, 0.15) is 5.75 Å². The van der Waals surface area contributed by atoms with Crippen LogP contribution in [0.3, 0.4) is 0 Å². The molecule has 0 aliphatic heterocycles. The van der Waals surface area contributed by atoms with Crippen LogP contribution in [-0.4, -0.2) is 23.3 Å². The first-order valence-corrected chi connectivity index (χ1v) is 5.74. The second kappa shape index (κ2) is 4.75. The molecule has 92 valence electrons. The molecule has 0 bridgehead atoms. The Labute approximate surface area is 99.8 Å². The van der Waals surface area contributed by atoms with E-state index in [0.29, 0.717) is 11.3 Å². The number of ether oxygens (including phenoxy) is 1. The minimum atomic E-state index is -1.50. The van der Waals surface area contributed by atoms with E-state index >= 15 is 0 Å². The van der Waals surface area contributed by atoms with E-state index < -0.39 is 12.1 Å². The fourth-order valence-corrected chi connectivity index (χ4v) is 2.44. The SMILES string of the molecule is COc1ccc2c(c1C(O)C(=O)O)CCCC2. The van der Waals surface area contributed by atoms with Gasteiger partial charge in [-0.05, 0) is 42.9 Å². The largest absolute Gasteiger partial charge is 0.496 e. The van der Waals surface area contributed by atoms with Gasteiger partial charge in [-0.25, -0.2) is 4.79 Å². The topological polar surface area (TPSA) is 66.8 Å². The van der Waals surface area contributed by atoms with E-state index in [0.717, 1.165) is 36.8 Å². The van der Waals surface area contributed by atoms with E-state index in [-0.39, 0.29) is 0 Å². The van der Waals surface area contributed by atoms with E-state index in [9.17, 15) is 9.90 Å². The third-order valence-electron chi connectivity index (χ3n) is 3.26. The van der Waals surface area contributed by atoms with Gasteiger partial charge in [-0.15, -0.1) is 0 Å². The van der Waals surface area contributed by atoms with Gasteiger partial charge in [0.05, 0.1) is 7.11 Å². The van der Waals surface area contributed by atoms with Crippen molar-refractivity contribution in [3.63, 3.8) is 0 Å². The number of benzene rings is 1. The molecule has 0 saturated carbocycles. The molecule has 1 unspecified atom stereocenters. The number of aliphatic hydroxyl groups excluding tert-OH is 1. The van der Waals surface area contributed by atoms with Crippen LogP contribution in [0.2, 0.25) is 0 Å². The standard InChI is InChI=1S/C13H16O4/c1-17-10-7-6-8-4-2-3-5-9(8)11(10)12(14)13(15)16/h6-7,12,14H,2-5H2,1H3,(H,15,16). The number of fused-ring (bicyclic) bond motifs is 1. The third-order valence-corrected chi connectivity index (χ3v) is 3.26. The van der Waals surface area contributed by atoms with Crippen molar-refractivity contribution in [3.05, 3.63) is 28.8 Å². The smallest absolute Gasteiger partial charge is 0.337 e. The highest BCUT2D eigenvalue weighted by Gasteiger charge is 2.26. The molecule has 0 aromatic heterocycles. The molecule has 0 fully saturated rings. The number of aryl methyl sites for hydroxylation is 1. The minimum absolute atomic E-state index is 0.428. The summed E-state index contributed by atoms with van der Waals surface area (Å²) in [5.41, 5.74) is 2.51. The van der Waals surface area contributed by atoms with Crippen molar-refractivity contribution in [1.29, 1.82) is 0 Å². The Bertz CT molecular complexity index is 439. The highest BCUT2D eigenvalue weighted by molar-refractivity contribution is 5.76. The lowest BCUT2D eigenvalue weighted by Crippen LogP contribution is -2.17. The van der Waals surface area contributed by atoms with Gasteiger partial charge in [0.15, 0.2) is 6.10 Å². The minimum Gasteiger partial charge on any atom is -0.496 e. The van der Waals surface area contributed by atoms with Crippen LogP contribution in [0.25, 0.3) is 0 Å². The molecule has 0 heterocycles. The summed E-state index contributed by atoms with van der Waals surface area (Å²) in [6.07, 6.45) is 2.39. The van der Waals surface area contributed by atoms with E-state index in [2.05, 4.69) is 0 Å². The molecule has 2 rings (SSSR count). The van der Waals surface area contributed by atoms with Gasteiger partial charge in [0, 0.05) is 5.56 Å². The summed E-state index contributed by atoms with van der Waals surface area (Å²) in [5, 5.41) is 18.7. The van der Waals surface area contributed by atoms with Gasteiger partial charge in [-0.3, -0.25) is 0 Å². The van der Waals surface area contributed by atoms with Gasteiger partial charge in [-0.2, -0.15) is 0 Å². The molecule has 1 aliphatic carbocycles. The Balaban J connectivity index is 2.55. The van der Waals surface area contributed by atoms with Crippen LogP contribution in [0.5, 0.6) is 5.75 Å². The molecule has 1 aromatic rings. The summed E-state index contributed by atoms with van der Waals surface area (Å²) < 4.78 is 5.16. The molecule has 1 atom stereocenters. The number of carbonyl (C=O) groups is 1. The molecule has 2 N–H and O–H groups in total. The van der Waals surface area contributed by atoms with E-state index in [4.69, 9.17) is 9.84 Å². The molecule has 4 nitrogen and oxygen atoms in total. The lowest BCUT2D eigenvalue weighted by atomic mass is 9.86. The van der Waals surface area contributed by atoms with E-state index in [1.54, 1.807) is 6.07 Å². The predicted molar refractivity (Wildman–Crippen MR) is 62.2 cm³/mol. The summed E-state index contributed by atoms with van der Waals surface area (Å²) in [7, 11) is 1.49. The van der Waals surface area contributed by atoms with Crippen LogP contribution >= 0.6 is 0 Å². The zero-order valence-corrected chi connectivity index (χ0v) is 9.77. The highest BCUT2D eigenvalue weighted by atomic mass is 16.5. The monoisotopic (exact) mass is 236 g/mol. The van der Waals surface area contributed by atoms with Crippen LogP contribution in [0.4, 0.5) is 0 Å². The van der Waals surface area contributed by atoms with Crippen molar-refractivity contribution in [3.8, 4) is 5.75 Å². The summed E-state index contributed by atoms with van der Waals surface area (Å²) in [5.74, 6) is -0.775. The molecule has 17 heavy (non-hydrogen) atoms. The average molecular weight is 236 g/mol. The van der Waals surface area contributed by atoms with Gasteiger partial charge < -0.3 is 14.9 Å². The molecule has 0 spiro atoms. The van der Waals surface area contributed by atoms with Crippen LogP contribution in [-0.2, 0) is 17.6 Å². The first-order chi connectivity index (χ1) is 8.15. The average Bonchev–Trinajstić information content (AvgIpc) is 2.36. The molecular formula is C13H16O4. The first-order valence-electron chi connectivity index (χ1n) is 5.74. The molecule has 0 radical (unpaired) electrons. The quantitative estimate of drug-likeness (QED) is 0.838. The number of aliphatic carboxylic acids is 1. The number of carboxylic acid groups (broad SMARTS) is 1. The van der Waals surface area contributed by atoms with Crippen molar-refractivity contribution < 1.29 is 19.7 Å². The van der Waals surface area contributed by atoms with Crippen LogP contribution in [0, 0.1) is 0 Å². The van der Waals surface area contributed by atoms with Crippen LogP contribution in [0.1, 0.15) is 35.6 Å². The Morgan fingerprint density at radius 1 is 1.35 bits per heavy atom. The maximum Gasteiger partial charge on any atom is 0.337 e. The molecule has 0 amide bonds. The fourth-order valence-electron chi connectivity index (χ4n) is 2.44. The molecular weight excluding hydrogens is 220 g/mol. The van der Waals surface area contributed by atoms with Crippen molar-refractivity contribution in [1.82, 2.24) is 0 Å². The zero-order valence-electron chi connectivity index (χ0n) is 9.77. The second-order valence-electron chi connectivity index (χ2n) is 4.27. The lowest BCUT2D eigenvalue weighted by Gasteiger charge is -2.23. The van der Waals surface area contributed by atoms with Crippen molar-refractivity contribution in [2.45, 2.75) is 31.8 Å². The summed E-state index contributed by atoms with van der Waals surface area (Å²) >= 11 is 0. The Morgan fingerprint density at radius 3 is 2.71 bits per heavy atom. The van der Waals surface area contributed by atoms with Gasteiger partial charge in [0.25, 0.3) is 0 Å². The third kappa shape index (κ3) is 2.13. The zero-order chi connectivity index (χ0) is 12.4. The van der Waals surface area contributed by atoms with Gasteiger partial charge in [-0.1, -0.05) is 6.07 Å². The number of hydrogen-bond acceptors (Lipinski definition) is 3. The van der Waals surface area contributed by atoms with E-state index in [1.807, 2.05) is 6.07 Å². The maximum atomic E-state index is 10.9. The lowest BCUT2D eigenvalue weighted by molar-refractivity contribution is -0.147. The first kappa shape index (κ1) is 11.9. The number of aliphatic hydroxyl groups is 1. The van der Waals surface area contributed by atoms with Gasteiger partial charge >= 0.3 is 5.97 Å². The van der Waals surface area contributed by atoms with Gasteiger partial charge in [0.2, 0.25) is 0 Å². The Morgan fingerprint density at radius 2 is 2.06 bits per heavy atom. The van der Waals surface area contributed by atoms with Crippen LogP contribution < -0.4 is 4.74 Å². The fraction of sp³-hybridized carbons (Fsp3) is 0.462. The number of rotatable bonds is 3. The van der Waals surface area contributed by atoms with Crippen molar-refractivity contribution >= 4 is 5.97 Å². The molecule has 1 aliphatic rings. The number of methoxy groups -OCH3 is 1. The summed E-state index contributed by atoms with van der Waals surface area (Å²) in [6, 6.07) is 3.71. The second-order valence-corrected chi connectivity index (χ2v) is 4.27. The van der Waals surface area contributed by atoms with E-state index in [1.165, 1.54) is 7.11 Å². The maximum absolute atomic E-state index is 10.9. The Kier molecular flexibility index (Phi) is 3.33. The molecule has 4 heteroatoms. The highest BCUT2D eigenvalue weighted by Crippen LogP contribution is 2.35.